The molecule has 1 aromatic heterocycles. The molecule has 2 atom stereocenters. The number of carbonyl (C=O) groups is 1. The topological polar surface area (TPSA) is 72.2 Å². The first-order chi connectivity index (χ1) is 14.4. The number of carbonyl (C=O) groups excluding carboxylic acids is 1. The molecule has 0 spiro atoms. The largest absolute Gasteiger partial charge is 0.483 e. The maximum Gasteiger partial charge on any atom is 0.219 e. The van der Waals surface area contributed by atoms with Crippen LogP contribution in [-0.2, 0) is 4.79 Å². The van der Waals surface area contributed by atoms with Crippen LogP contribution >= 0.6 is 34.8 Å². The van der Waals surface area contributed by atoms with Crippen LogP contribution in [0.3, 0.4) is 0 Å². The van der Waals surface area contributed by atoms with Gasteiger partial charge in [-0.2, -0.15) is 5.26 Å². The quantitative estimate of drug-likeness (QED) is 0.403. The van der Waals surface area contributed by atoms with Crippen molar-refractivity contribution in [2.75, 3.05) is 0 Å². The normalized spacial score (nSPS) is 12.5. The van der Waals surface area contributed by atoms with E-state index in [-0.39, 0.29) is 5.02 Å². The highest BCUT2D eigenvalue weighted by Crippen LogP contribution is 2.30. The fourth-order valence-electron chi connectivity index (χ4n) is 2.65. The Morgan fingerprint density at radius 1 is 1.00 bits per heavy atom. The summed E-state index contributed by atoms with van der Waals surface area (Å²) in [5.41, 5.74) is 0.392. The SMILES string of the molecule is CC(Oc1ccc(Oc2ccc(Cl)cn2)cc1)C(=O)C(C#N)c1ccc(Cl)cc1Cl. The average molecular weight is 462 g/mol. The maximum absolute atomic E-state index is 12.8. The van der Waals surface area contributed by atoms with Gasteiger partial charge in [-0.25, -0.2) is 4.98 Å². The number of rotatable bonds is 7. The highest BCUT2D eigenvalue weighted by molar-refractivity contribution is 6.35. The van der Waals surface area contributed by atoms with Crippen LogP contribution in [0, 0.1) is 11.3 Å². The number of pyridine rings is 1. The molecule has 0 saturated heterocycles. The van der Waals surface area contributed by atoms with Crippen molar-refractivity contribution in [3.8, 4) is 23.4 Å². The van der Waals surface area contributed by atoms with Crippen molar-refractivity contribution in [2.45, 2.75) is 18.9 Å². The fraction of sp³-hybridized carbons (Fsp3) is 0.136. The van der Waals surface area contributed by atoms with E-state index in [2.05, 4.69) is 4.98 Å². The Labute approximate surface area is 188 Å². The van der Waals surface area contributed by atoms with E-state index in [4.69, 9.17) is 44.3 Å². The molecule has 0 saturated carbocycles. The molecule has 8 heteroatoms. The molecule has 0 fully saturated rings. The molecule has 3 aromatic rings. The molecule has 0 aliphatic heterocycles. The number of ether oxygens (including phenoxy) is 2. The zero-order chi connectivity index (χ0) is 21.7. The van der Waals surface area contributed by atoms with Gasteiger partial charge >= 0.3 is 0 Å². The molecule has 0 aliphatic carbocycles. The lowest BCUT2D eigenvalue weighted by Gasteiger charge is -2.18. The molecule has 2 aromatic carbocycles. The van der Waals surface area contributed by atoms with Crippen LogP contribution in [0.2, 0.25) is 15.1 Å². The molecule has 2 unspecified atom stereocenters. The third kappa shape index (κ3) is 5.43. The average Bonchev–Trinajstić information content (AvgIpc) is 2.73. The van der Waals surface area contributed by atoms with Crippen LogP contribution in [-0.4, -0.2) is 16.9 Å². The molecular weight excluding hydrogens is 447 g/mol. The Hall–Kier alpha value is -2.78. The van der Waals surface area contributed by atoms with Crippen molar-refractivity contribution in [3.63, 3.8) is 0 Å². The molecule has 30 heavy (non-hydrogen) atoms. The first-order valence-electron chi connectivity index (χ1n) is 8.82. The number of nitriles is 1. The second kappa shape index (κ2) is 9.82. The lowest BCUT2D eigenvalue weighted by molar-refractivity contribution is -0.125. The van der Waals surface area contributed by atoms with Crippen molar-refractivity contribution < 1.29 is 14.3 Å². The number of Topliss-reactive ketones (excluding diaryl/α,β-unsaturated/α-hetero) is 1. The zero-order valence-electron chi connectivity index (χ0n) is 15.7. The number of benzene rings is 2. The van der Waals surface area contributed by atoms with Crippen LogP contribution in [0.25, 0.3) is 0 Å². The van der Waals surface area contributed by atoms with Crippen LogP contribution in [0.15, 0.2) is 60.8 Å². The summed E-state index contributed by atoms with van der Waals surface area (Å²) in [4.78, 5) is 16.8. The van der Waals surface area contributed by atoms with Gasteiger partial charge in [0, 0.05) is 22.3 Å². The summed E-state index contributed by atoms with van der Waals surface area (Å²) in [7, 11) is 0. The molecule has 0 N–H and O–H groups in total. The summed E-state index contributed by atoms with van der Waals surface area (Å²) >= 11 is 17.8. The van der Waals surface area contributed by atoms with Crippen molar-refractivity contribution in [1.82, 2.24) is 4.98 Å². The van der Waals surface area contributed by atoms with Crippen LogP contribution < -0.4 is 9.47 Å². The predicted octanol–water partition coefficient (Wildman–Crippen LogP) is 6.48. The second-order valence-electron chi connectivity index (χ2n) is 6.28. The van der Waals surface area contributed by atoms with E-state index in [1.165, 1.54) is 12.3 Å². The fourth-order valence-corrected chi connectivity index (χ4v) is 3.28. The second-order valence-corrected chi connectivity index (χ2v) is 7.56. The van der Waals surface area contributed by atoms with Gasteiger partial charge in [-0.15, -0.1) is 0 Å². The molecule has 5 nitrogen and oxygen atoms in total. The minimum atomic E-state index is -1.07. The van der Waals surface area contributed by atoms with Gasteiger partial charge in [-0.3, -0.25) is 4.79 Å². The molecule has 152 valence electrons. The first kappa shape index (κ1) is 21.9. The van der Waals surface area contributed by atoms with Gasteiger partial charge in [0.25, 0.3) is 0 Å². The zero-order valence-corrected chi connectivity index (χ0v) is 17.9. The molecule has 0 radical (unpaired) electrons. The maximum atomic E-state index is 12.8. The Morgan fingerprint density at radius 2 is 1.67 bits per heavy atom. The van der Waals surface area contributed by atoms with Crippen molar-refractivity contribution in [1.29, 1.82) is 5.26 Å². The van der Waals surface area contributed by atoms with Gasteiger partial charge in [0.05, 0.1) is 11.1 Å². The van der Waals surface area contributed by atoms with Crippen molar-refractivity contribution in [3.05, 3.63) is 81.4 Å². The van der Waals surface area contributed by atoms with E-state index in [0.29, 0.717) is 33.0 Å². The smallest absolute Gasteiger partial charge is 0.219 e. The van der Waals surface area contributed by atoms with E-state index < -0.39 is 17.8 Å². The Balaban J connectivity index is 1.67. The number of aromatic nitrogens is 1. The molecule has 3 rings (SSSR count). The summed E-state index contributed by atoms with van der Waals surface area (Å²) in [5.74, 6) is -0.0887. The minimum absolute atomic E-state index is 0.256. The molecular formula is C22H15Cl3N2O3. The molecule has 0 bridgehead atoms. The van der Waals surface area contributed by atoms with Crippen LogP contribution in [0.4, 0.5) is 0 Å². The monoisotopic (exact) mass is 460 g/mol. The molecule has 0 aliphatic rings. The van der Waals surface area contributed by atoms with Gasteiger partial charge in [0.15, 0.2) is 11.9 Å². The number of hydrogen-bond acceptors (Lipinski definition) is 5. The summed E-state index contributed by atoms with van der Waals surface area (Å²) in [6.07, 6.45) is 0.617. The van der Waals surface area contributed by atoms with Crippen LogP contribution in [0.5, 0.6) is 17.4 Å². The number of nitrogens with zero attached hydrogens (tertiary/aromatic N) is 2. The molecule has 0 amide bonds. The van der Waals surface area contributed by atoms with Gasteiger partial charge in [-0.05, 0) is 55.0 Å². The third-order valence-corrected chi connectivity index (χ3v) is 4.93. The van der Waals surface area contributed by atoms with E-state index in [9.17, 15) is 10.1 Å². The summed E-state index contributed by atoms with van der Waals surface area (Å²) in [5, 5.41) is 10.7. The standard InChI is InChI=1S/C22H15Cl3N2O3/c1-13(22(28)19(11-26)18-8-2-14(23)10-20(18)25)29-16-4-6-17(7-5-16)30-21-9-3-15(24)12-27-21/h2-10,12-13,19H,1H3. The third-order valence-electron chi connectivity index (χ3n) is 4.15. The van der Waals surface area contributed by atoms with Crippen LogP contribution in [0.1, 0.15) is 18.4 Å². The molecule has 1 heterocycles. The predicted molar refractivity (Wildman–Crippen MR) is 116 cm³/mol. The Kier molecular flexibility index (Phi) is 7.17. The lowest BCUT2D eigenvalue weighted by atomic mass is 9.93. The van der Waals surface area contributed by atoms with Gasteiger partial charge in [0.1, 0.15) is 17.4 Å². The summed E-state index contributed by atoms with van der Waals surface area (Å²) in [6.45, 7) is 1.58. The van der Waals surface area contributed by atoms with Crippen molar-refractivity contribution >= 4 is 40.6 Å². The van der Waals surface area contributed by atoms with Gasteiger partial charge in [-0.1, -0.05) is 40.9 Å². The van der Waals surface area contributed by atoms with Gasteiger partial charge in [0.2, 0.25) is 5.88 Å². The van der Waals surface area contributed by atoms with E-state index in [0.717, 1.165) is 0 Å². The minimum Gasteiger partial charge on any atom is -0.483 e. The Morgan fingerprint density at radius 3 is 2.27 bits per heavy atom. The van der Waals surface area contributed by atoms with E-state index in [1.54, 1.807) is 55.5 Å². The van der Waals surface area contributed by atoms with E-state index >= 15 is 0 Å². The lowest BCUT2D eigenvalue weighted by Crippen LogP contribution is -2.29. The van der Waals surface area contributed by atoms with Crippen molar-refractivity contribution in [2.24, 2.45) is 0 Å². The number of hydrogen-bond donors (Lipinski definition) is 0. The van der Waals surface area contributed by atoms with E-state index in [1.807, 2.05) is 6.07 Å². The Bertz CT molecular complexity index is 1080. The first-order valence-corrected chi connectivity index (χ1v) is 9.95. The summed E-state index contributed by atoms with van der Waals surface area (Å²) in [6, 6.07) is 16.6. The highest BCUT2D eigenvalue weighted by Gasteiger charge is 2.28. The summed E-state index contributed by atoms with van der Waals surface area (Å²) < 4.78 is 11.3. The number of ketones is 1. The highest BCUT2D eigenvalue weighted by atomic mass is 35.5. The number of halogens is 3. The van der Waals surface area contributed by atoms with Gasteiger partial charge < -0.3 is 9.47 Å².